The third kappa shape index (κ3) is 3.27. The molecule has 6 nitrogen and oxygen atoms in total. The minimum atomic E-state index is -0.323. The van der Waals surface area contributed by atoms with Crippen LogP contribution in [-0.2, 0) is 17.8 Å². The molecule has 4 rings (SSSR count). The Morgan fingerprint density at radius 3 is 2.54 bits per heavy atom. The molecule has 0 spiro atoms. The number of ether oxygens (including phenoxy) is 1. The summed E-state index contributed by atoms with van der Waals surface area (Å²) in [6, 6.07) is 16.1. The van der Waals surface area contributed by atoms with E-state index in [1.165, 1.54) is 7.11 Å². The molecule has 0 fully saturated rings. The van der Waals surface area contributed by atoms with Crippen LogP contribution in [0, 0.1) is 0 Å². The van der Waals surface area contributed by atoms with E-state index in [2.05, 4.69) is 34.2 Å². The van der Waals surface area contributed by atoms with E-state index in [9.17, 15) is 4.79 Å². The maximum Gasteiger partial charge on any atom is 0.340 e. The summed E-state index contributed by atoms with van der Waals surface area (Å²) in [5.74, 6) is 0.649. The van der Waals surface area contributed by atoms with Crippen molar-refractivity contribution in [2.45, 2.75) is 13.1 Å². The van der Waals surface area contributed by atoms with Gasteiger partial charge in [-0.15, -0.1) is 0 Å². The number of carbonyl (C=O) groups is 1. The molecule has 0 atom stereocenters. The van der Waals surface area contributed by atoms with Gasteiger partial charge in [-0.25, -0.2) is 9.78 Å². The van der Waals surface area contributed by atoms with Crippen molar-refractivity contribution in [1.29, 1.82) is 0 Å². The van der Waals surface area contributed by atoms with Gasteiger partial charge in [-0.05, 0) is 32.3 Å². The van der Waals surface area contributed by atoms with Gasteiger partial charge in [-0.3, -0.25) is 0 Å². The Hall–Kier alpha value is -3.12. The number of fused-ring (bicyclic) bond motifs is 2. The number of likely N-dealkylation sites (N-methyl/N-ethyl adjacent to an activating group) is 1. The Morgan fingerprint density at radius 1 is 1.07 bits per heavy atom. The molecule has 0 aliphatic rings. The number of rotatable bonds is 6. The highest BCUT2D eigenvalue weighted by Gasteiger charge is 2.17. The van der Waals surface area contributed by atoms with Crippen LogP contribution in [0.3, 0.4) is 0 Å². The van der Waals surface area contributed by atoms with Crippen LogP contribution in [0.25, 0.3) is 21.9 Å². The Bertz CT molecular complexity index is 1140. The minimum absolute atomic E-state index is 0.323. The first-order chi connectivity index (χ1) is 13.6. The topological polar surface area (TPSA) is 52.3 Å². The molecule has 0 unspecified atom stereocenters. The summed E-state index contributed by atoms with van der Waals surface area (Å²) in [5, 5.41) is 0.894. The maximum atomic E-state index is 12.2. The molecule has 0 bridgehead atoms. The van der Waals surface area contributed by atoms with Gasteiger partial charge >= 0.3 is 5.97 Å². The van der Waals surface area contributed by atoms with E-state index in [4.69, 9.17) is 9.72 Å². The third-order valence-corrected chi connectivity index (χ3v) is 5.01. The first-order valence-corrected chi connectivity index (χ1v) is 9.33. The molecule has 2 heterocycles. The summed E-state index contributed by atoms with van der Waals surface area (Å²) in [4.78, 5) is 19.3. The molecule has 0 aliphatic carbocycles. The summed E-state index contributed by atoms with van der Waals surface area (Å²) < 4.78 is 9.31. The van der Waals surface area contributed by atoms with Crippen molar-refractivity contribution in [3.8, 4) is 0 Å². The normalized spacial score (nSPS) is 11.6. The van der Waals surface area contributed by atoms with E-state index in [0.29, 0.717) is 12.1 Å². The Balaban J connectivity index is 1.80. The average molecular weight is 376 g/mol. The van der Waals surface area contributed by atoms with Crippen LogP contribution in [0.1, 0.15) is 16.2 Å². The molecule has 6 heteroatoms. The zero-order valence-electron chi connectivity index (χ0n) is 16.4. The number of benzene rings is 2. The first kappa shape index (κ1) is 18.3. The van der Waals surface area contributed by atoms with E-state index in [0.717, 1.165) is 40.9 Å². The zero-order valence-corrected chi connectivity index (χ0v) is 16.4. The number of carbonyl (C=O) groups excluding carboxylic acids is 1. The quantitative estimate of drug-likeness (QED) is 0.484. The Kier molecular flexibility index (Phi) is 4.88. The standard InChI is InChI=1S/C22H24N4O2/c1-24(2)12-13-26-20-11-7-5-9-18(20)23-21(26)15-25-14-17(22(27)28-3)16-8-4-6-10-19(16)25/h4-11,14H,12-13,15H2,1-3H3. The number of nitrogens with zero attached hydrogens (tertiary/aromatic N) is 4. The monoisotopic (exact) mass is 376 g/mol. The largest absolute Gasteiger partial charge is 0.465 e. The lowest BCUT2D eigenvalue weighted by molar-refractivity contribution is 0.0602. The predicted molar refractivity (Wildman–Crippen MR) is 111 cm³/mol. The number of para-hydroxylation sites is 3. The number of imidazole rings is 1. The van der Waals surface area contributed by atoms with Gasteiger partial charge in [0.25, 0.3) is 0 Å². The second-order valence-electron chi connectivity index (χ2n) is 7.15. The summed E-state index contributed by atoms with van der Waals surface area (Å²) in [7, 11) is 5.55. The summed E-state index contributed by atoms with van der Waals surface area (Å²) in [6.45, 7) is 2.36. The van der Waals surface area contributed by atoms with Crippen molar-refractivity contribution >= 4 is 27.9 Å². The fraction of sp³-hybridized carbons (Fsp3) is 0.273. The van der Waals surface area contributed by atoms with E-state index in [1.807, 2.05) is 48.7 Å². The van der Waals surface area contributed by atoms with Crippen molar-refractivity contribution in [3.63, 3.8) is 0 Å². The Labute approximate surface area is 163 Å². The molecule has 0 amide bonds. The molecule has 2 aromatic heterocycles. The van der Waals surface area contributed by atoms with E-state index >= 15 is 0 Å². The van der Waals surface area contributed by atoms with Crippen LogP contribution in [0.4, 0.5) is 0 Å². The van der Waals surface area contributed by atoms with E-state index in [-0.39, 0.29) is 5.97 Å². The molecular weight excluding hydrogens is 352 g/mol. The van der Waals surface area contributed by atoms with Crippen LogP contribution in [0.15, 0.2) is 54.7 Å². The van der Waals surface area contributed by atoms with Gasteiger partial charge in [0.2, 0.25) is 0 Å². The molecule has 144 valence electrons. The third-order valence-electron chi connectivity index (χ3n) is 5.01. The molecule has 0 radical (unpaired) electrons. The van der Waals surface area contributed by atoms with Crippen molar-refractivity contribution in [2.75, 3.05) is 27.7 Å². The number of aromatic nitrogens is 3. The molecule has 0 saturated heterocycles. The van der Waals surface area contributed by atoms with Gasteiger partial charge in [0, 0.05) is 30.2 Å². The van der Waals surface area contributed by atoms with Gasteiger partial charge in [0.15, 0.2) is 0 Å². The van der Waals surface area contributed by atoms with Crippen LogP contribution in [0.5, 0.6) is 0 Å². The van der Waals surface area contributed by atoms with Gasteiger partial charge in [0.05, 0.1) is 30.3 Å². The van der Waals surface area contributed by atoms with E-state index in [1.54, 1.807) is 0 Å². The summed E-state index contributed by atoms with van der Waals surface area (Å²) >= 11 is 0. The second kappa shape index (κ2) is 7.48. The lowest BCUT2D eigenvalue weighted by Gasteiger charge is -2.14. The van der Waals surface area contributed by atoms with Crippen molar-refractivity contribution in [2.24, 2.45) is 0 Å². The first-order valence-electron chi connectivity index (χ1n) is 9.33. The maximum absolute atomic E-state index is 12.2. The molecule has 4 aromatic rings. The summed E-state index contributed by atoms with van der Waals surface area (Å²) in [5.41, 5.74) is 3.69. The van der Waals surface area contributed by atoms with Gasteiger partial charge in [0.1, 0.15) is 5.82 Å². The SMILES string of the molecule is COC(=O)c1cn(Cc2nc3ccccc3n2CCN(C)C)c2ccccc12. The number of esters is 1. The highest BCUT2D eigenvalue weighted by molar-refractivity contribution is 6.04. The highest BCUT2D eigenvalue weighted by atomic mass is 16.5. The van der Waals surface area contributed by atoms with Crippen LogP contribution < -0.4 is 0 Å². The van der Waals surface area contributed by atoms with Crippen molar-refractivity contribution in [1.82, 2.24) is 19.0 Å². The molecule has 0 aliphatic heterocycles. The second-order valence-corrected chi connectivity index (χ2v) is 7.15. The number of hydrogen-bond acceptors (Lipinski definition) is 4. The van der Waals surface area contributed by atoms with E-state index < -0.39 is 0 Å². The fourth-order valence-corrected chi connectivity index (χ4v) is 3.60. The summed E-state index contributed by atoms with van der Waals surface area (Å²) in [6.07, 6.45) is 1.87. The molecule has 0 saturated carbocycles. The van der Waals surface area contributed by atoms with Crippen LogP contribution in [-0.4, -0.2) is 52.7 Å². The lowest BCUT2D eigenvalue weighted by atomic mass is 10.2. The van der Waals surface area contributed by atoms with Gasteiger partial charge in [-0.2, -0.15) is 0 Å². The zero-order chi connectivity index (χ0) is 19.7. The molecule has 2 aromatic carbocycles. The highest BCUT2D eigenvalue weighted by Crippen LogP contribution is 2.24. The predicted octanol–water partition coefficient (Wildman–Crippen LogP) is 3.39. The number of methoxy groups -OCH3 is 1. The molecular formula is C22H24N4O2. The smallest absolute Gasteiger partial charge is 0.340 e. The van der Waals surface area contributed by atoms with Gasteiger partial charge in [-0.1, -0.05) is 30.3 Å². The fourth-order valence-electron chi connectivity index (χ4n) is 3.60. The van der Waals surface area contributed by atoms with Crippen LogP contribution in [0.2, 0.25) is 0 Å². The molecule has 0 N–H and O–H groups in total. The Morgan fingerprint density at radius 2 is 1.79 bits per heavy atom. The molecule has 28 heavy (non-hydrogen) atoms. The van der Waals surface area contributed by atoms with Gasteiger partial charge < -0.3 is 18.8 Å². The number of hydrogen-bond donors (Lipinski definition) is 0. The lowest BCUT2D eigenvalue weighted by Crippen LogP contribution is -2.20. The van der Waals surface area contributed by atoms with Crippen molar-refractivity contribution in [3.05, 3.63) is 66.1 Å². The average Bonchev–Trinajstić information content (AvgIpc) is 3.24. The van der Waals surface area contributed by atoms with Crippen molar-refractivity contribution < 1.29 is 9.53 Å². The minimum Gasteiger partial charge on any atom is -0.465 e. The van der Waals surface area contributed by atoms with Crippen LogP contribution >= 0.6 is 0 Å².